The summed E-state index contributed by atoms with van der Waals surface area (Å²) in [7, 11) is 0. The molecule has 88 valence electrons. The molecule has 4 N–H and O–H groups in total. The van der Waals surface area contributed by atoms with Crippen LogP contribution in [-0.4, -0.2) is 11.1 Å². The van der Waals surface area contributed by atoms with E-state index in [1.54, 1.807) is 6.07 Å². The molecule has 0 bridgehead atoms. The molecule has 0 aliphatic rings. The van der Waals surface area contributed by atoms with Crippen LogP contribution in [0.1, 0.15) is 38.2 Å². The van der Waals surface area contributed by atoms with Crippen molar-refractivity contribution in [1.82, 2.24) is 5.43 Å². The van der Waals surface area contributed by atoms with Gasteiger partial charge in [0.05, 0.1) is 10.4 Å². The van der Waals surface area contributed by atoms with Crippen LogP contribution in [0.4, 0.5) is 0 Å². The number of thiophene rings is 1. The minimum Gasteiger partial charge on any atom is -0.388 e. The summed E-state index contributed by atoms with van der Waals surface area (Å²) in [6, 6.07) is 4.08. The Bertz CT molecular complexity index is 266. The highest BCUT2D eigenvalue weighted by molar-refractivity contribution is 7.16. The van der Waals surface area contributed by atoms with E-state index in [-0.39, 0.29) is 6.10 Å². The van der Waals surface area contributed by atoms with Crippen molar-refractivity contribution in [3.63, 3.8) is 0 Å². The number of nitrogens with two attached hydrogens (primary N) is 1. The van der Waals surface area contributed by atoms with Crippen molar-refractivity contribution in [2.45, 2.75) is 39.3 Å². The molecule has 0 saturated carbocycles. The van der Waals surface area contributed by atoms with Crippen molar-refractivity contribution in [2.24, 2.45) is 5.84 Å². The average molecular weight is 251 g/mol. The third-order valence-electron chi connectivity index (χ3n) is 1.64. The normalized spacial score (nSPS) is 12.2. The highest BCUT2D eigenvalue weighted by Crippen LogP contribution is 2.27. The Morgan fingerprint density at radius 3 is 2.33 bits per heavy atom. The lowest BCUT2D eigenvalue weighted by Gasteiger charge is -2.01. The fourth-order valence-electron chi connectivity index (χ4n) is 0.709. The number of aliphatic hydroxyl groups excluding tert-OH is 1. The molecule has 3 nitrogen and oxygen atoms in total. The van der Waals surface area contributed by atoms with E-state index in [1.807, 2.05) is 26.8 Å². The Morgan fingerprint density at radius 1 is 1.53 bits per heavy atom. The molecule has 0 spiro atoms. The summed E-state index contributed by atoms with van der Waals surface area (Å²) >= 11 is 7.10. The molecule has 0 aliphatic carbocycles. The molecule has 1 unspecified atom stereocenters. The fraction of sp³-hybridized carbons (Fsp3) is 0.600. The molecule has 0 radical (unpaired) electrons. The predicted molar refractivity (Wildman–Crippen MR) is 67.0 cm³/mol. The molecule has 1 rings (SSSR count). The summed E-state index contributed by atoms with van der Waals surface area (Å²) in [6.07, 6.45) is 0.411. The predicted octanol–water partition coefficient (Wildman–Crippen LogP) is 2.70. The molecule has 1 atom stereocenters. The first-order valence-electron chi connectivity index (χ1n) is 4.90. The van der Waals surface area contributed by atoms with Crippen molar-refractivity contribution in [2.75, 3.05) is 0 Å². The van der Waals surface area contributed by atoms with Crippen LogP contribution in [0.5, 0.6) is 0 Å². The van der Waals surface area contributed by atoms with Crippen molar-refractivity contribution in [3.8, 4) is 0 Å². The van der Waals surface area contributed by atoms with Gasteiger partial charge in [-0.3, -0.25) is 11.3 Å². The van der Waals surface area contributed by atoms with Crippen LogP contribution in [0, 0.1) is 0 Å². The van der Waals surface area contributed by atoms with E-state index < -0.39 is 0 Å². The molecule has 0 aliphatic heterocycles. The minimum absolute atomic E-state index is 0.336. The third kappa shape index (κ3) is 6.87. The summed E-state index contributed by atoms with van der Waals surface area (Å²) in [5.74, 6) is 4.92. The smallest absolute Gasteiger partial charge is 0.0932 e. The molecular weight excluding hydrogens is 232 g/mol. The van der Waals surface area contributed by atoms with Gasteiger partial charge in [-0.05, 0) is 32.4 Å². The SMILES string of the molecule is CC(C)NN.CCC(O)c1ccc(Cl)s1. The topological polar surface area (TPSA) is 58.3 Å². The van der Waals surface area contributed by atoms with Crippen LogP contribution in [0.15, 0.2) is 12.1 Å². The average Bonchev–Trinajstić information content (AvgIpc) is 2.64. The molecule has 1 heterocycles. The van der Waals surface area contributed by atoms with E-state index in [9.17, 15) is 5.11 Å². The number of aliphatic hydroxyl groups is 1. The Labute approximate surface area is 100 Å². The van der Waals surface area contributed by atoms with Crippen LogP contribution in [0.2, 0.25) is 4.34 Å². The Morgan fingerprint density at radius 2 is 2.07 bits per heavy atom. The minimum atomic E-state index is -0.336. The maximum atomic E-state index is 9.29. The first-order valence-corrected chi connectivity index (χ1v) is 6.10. The van der Waals surface area contributed by atoms with Crippen LogP contribution in [0.25, 0.3) is 0 Å². The van der Waals surface area contributed by atoms with E-state index in [0.29, 0.717) is 6.04 Å². The molecule has 0 fully saturated rings. The van der Waals surface area contributed by atoms with E-state index in [1.165, 1.54) is 11.3 Å². The highest BCUT2D eigenvalue weighted by Gasteiger charge is 2.06. The quantitative estimate of drug-likeness (QED) is 0.571. The summed E-state index contributed by atoms with van der Waals surface area (Å²) in [5, 5.41) is 9.29. The van der Waals surface area contributed by atoms with Crippen LogP contribution in [0.3, 0.4) is 0 Å². The molecule has 1 aromatic rings. The van der Waals surface area contributed by atoms with E-state index in [2.05, 4.69) is 5.43 Å². The maximum Gasteiger partial charge on any atom is 0.0932 e. The van der Waals surface area contributed by atoms with E-state index in [4.69, 9.17) is 17.4 Å². The lowest BCUT2D eigenvalue weighted by Crippen LogP contribution is -2.29. The summed E-state index contributed by atoms with van der Waals surface area (Å²) in [4.78, 5) is 0.951. The zero-order valence-corrected chi connectivity index (χ0v) is 10.9. The van der Waals surface area contributed by atoms with Gasteiger partial charge in [0, 0.05) is 10.9 Å². The van der Waals surface area contributed by atoms with Gasteiger partial charge >= 0.3 is 0 Å². The maximum absolute atomic E-state index is 9.29. The fourth-order valence-corrected chi connectivity index (χ4v) is 1.84. The van der Waals surface area contributed by atoms with Crippen molar-refractivity contribution >= 4 is 22.9 Å². The van der Waals surface area contributed by atoms with Gasteiger partial charge in [0.25, 0.3) is 0 Å². The van der Waals surface area contributed by atoms with Crippen molar-refractivity contribution in [3.05, 3.63) is 21.3 Å². The Balaban J connectivity index is 0.000000336. The summed E-state index contributed by atoms with van der Waals surface area (Å²) < 4.78 is 0.738. The highest BCUT2D eigenvalue weighted by atomic mass is 35.5. The number of nitrogens with one attached hydrogen (secondary N) is 1. The van der Waals surface area contributed by atoms with Gasteiger partial charge in [-0.15, -0.1) is 11.3 Å². The first-order chi connectivity index (χ1) is 7.01. The Kier molecular flexibility index (Phi) is 8.00. The van der Waals surface area contributed by atoms with Crippen LogP contribution >= 0.6 is 22.9 Å². The van der Waals surface area contributed by atoms with Gasteiger partial charge in [-0.2, -0.15) is 0 Å². The second kappa shape index (κ2) is 8.07. The first kappa shape index (κ1) is 14.9. The van der Waals surface area contributed by atoms with Gasteiger partial charge in [0.15, 0.2) is 0 Å². The number of halogens is 1. The number of hydrogen-bond acceptors (Lipinski definition) is 4. The number of rotatable bonds is 3. The number of hydrazine groups is 1. The molecule has 0 amide bonds. The molecule has 1 aromatic heterocycles. The van der Waals surface area contributed by atoms with Crippen molar-refractivity contribution in [1.29, 1.82) is 0 Å². The van der Waals surface area contributed by atoms with Gasteiger partial charge in [-0.25, -0.2) is 0 Å². The molecule has 15 heavy (non-hydrogen) atoms. The van der Waals surface area contributed by atoms with Gasteiger partial charge in [0.2, 0.25) is 0 Å². The van der Waals surface area contributed by atoms with Gasteiger partial charge in [-0.1, -0.05) is 18.5 Å². The molecular formula is C10H19ClN2OS. The summed E-state index contributed by atoms with van der Waals surface area (Å²) in [5.41, 5.74) is 2.53. The molecule has 5 heteroatoms. The van der Waals surface area contributed by atoms with Gasteiger partial charge < -0.3 is 5.11 Å². The summed E-state index contributed by atoms with van der Waals surface area (Å²) in [6.45, 7) is 5.91. The zero-order chi connectivity index (χ0) is 11.8. The second-order valence-corrected chi connectivity index (χ2v) is 5.13. The monoisotopic (exact) mass is 250 g/mol. The zero-order valence-electron chi connectivity index (χ0n) is 9.33. The lowest BCUT2D eigenvalue weighted by molar-refractivity contribution is 0.177. The molecule has 0 saturated heterocycles. The largest absolute Gasteiger partial charge is 0.388 e. The third-order valence-corrected chi connectivity index (χ3v) is 2.97. The standard InChI is InChI=1S/C7H9ClOS.C3H10N2/c1-2-5(9)6-3-4-7(8)10-6;1-3(2)5-4/h3-5,9H,2H2,1H3;3,5H,4H2,1-2H3. The van der Waals surface area contributed by atoms with Crippen LogP contribution < -0.4 is 11.3 Å². The van der Waals surface area contributed by atoms with Crippen LogP contribution in [-0.2, 0) is 0 Å². The molecule has 0 aromatic carbocycles. The van der Waals surface area contributed by atoms with E-state index >= 15 is 0 Å². The number of hydrogen-bond donors (Lipinski definition) is 3. The lowest BCUT2D eigenvalue weighted by atomic mass is 10.2. The second-order valence-electron chi connectivity index (χ2n) is 3.39. The van der Waals surface area contributed by atoms with Gasteiger partial charge in [0.1, 0.15) is 0 Å². The van der Waals surface area contributed by atoms with Crippen molar-refractivity contribution < 1.29 is 5.11 Å². The Hall–Kier alpha value is -0.130. The van der Waals surface area contributed by atoms with E-state index in [0.717, 1.165) is 15.6 Å².